The summed E-state index contributed by atoms with van der Waals surface area (Å²) in [6.07, 6.45) is 2.39. The maximum absolute atomic E-state index is 10.7. The number of hydrogen-bond acceptors (Lipinski definition) is 5. The first-order chi connectivity index (χ1) is 7.70. The highest BCUT2D eigenvalue weighted by Crippen LogP contribution is 2.12. The van der Waals surface area contributed by atoms with Crippen LogP contribution in [0, 0.1) is 6.92 Å². The van der Waals surface area contributed by atoms with Crippen LogP contribution in [0.4, 0.5) is 5.95 Å². The number of nitrogens with zero attached hydrogens (tertiary/aromatic N) is 4. The number of piperazine rings is 1. The Balaban J connectivity index is 2.15. The molecule has 2 rings (SSSR count). The Morgan fingerprint density at radius 1 is 1.31 bits per heavy atom. The van der Waals surface area contributed by atoms with Crippen molar-refractivity contribution in [2.45, 2.75) is 6.92 Å². The number of aryl methyl sites for hydroxylation is 1. The summed E-state index contributed by atoms with van der Waals surface area (Å²) < 4.78 is 0. The molecule has 86 valence electrons. The first kappa shape index (κ1) is 11.0. The van der Waals surface area contributed by atoms with E-state index in [-0.39, 0.29) is 0 Å². The summed E-state index contributed by atoms with van der Waals surface area (Å²) in [6, 6.07) is 0. The summed E-state index contributed by atoms with van der Waals surface area (Å²) in [5, 5.41) is 0. The number of carbonyl (C=O) groups is 1. The van der Waals surface area contributed by atoms with Gasteiger partial charge in [-0.05, 0) is 14.0 Å². The molecular weight excluding hydrogens is 204 g/mol. The minimum absolute atomic E-state index is 0.567. The fourth-order valence-electron chi connectivity index (χ4n) is 1.74. The topological polar surface area (TPSA) is 49.3 Å². The van der Waals surface area contributed by atoms with Gasteiger partial charge in [-0.25, -0.2) is 9.97 Å². The van der Waals surface area contributed by atoms with Crippen molar-refractivity contribution in [2.75, 3.05) is 38.1 Å². The zero-order valence-corrected chi connectivity index (χ0v) is 9.68. The Kier molecular flexibility index (Phi) is 3.14. The van der Waals surface area contributed by atoms with Gasteiger partial charge in [-0.15, -0.1) is 0 Å². The summed E-state index contributed by atoms with van der Waals surface area (Å²) >= 11 is 0. The van der Waals surface area contributed by atoms with Crippen molar-refractivity contribution in [2.24, 2.45) is 0 Å². The van der Waals surface area contributed by atoms with E-state index >= 15 is 0 Å². The lowest BCUT2D eigenvalue weighted by Gasteiger charge is -2.32. The molecular formula is C11H16N4O. The number of aldehydes is 1. The summed E-state index contributed by atoms with van der Waals surface area (Å²) in [7, 11) is 2.11. The molecule has 2 heterocycles. The maximum Gasteiger partial charge on any atom is 0.225 e. The standard InChI is InChI=1S/C11H16N4O/c1-9-10(8-16)7-12-11(13-9)15-5-3-14(2)4-6-15/h7-8H,3-6H2,1-2H3. The predicted molar refractivity (Wildman–Crippen MR) is 61.9 cm³/mol. The maximum atomic E-state index is 10.7. The molecule has 0 aromatic carbocycles. The van der Waals surface area contributed by atoms with Crippen LogP contribution in [0.15, 0.2) is 6.20 Å². The highest BCUT2D eigenvalue weighted by atomic mass is 16.1. The van der Waals surface area contributed by atoms with Crippen molar-refractivity contribution < 1.29 is 4.79 Å². The van der Waals surface area contributed by atoms with Gasteiger partial charge in [-0.3, -0.25) is 4.79 Å². The number of aromatic nitrogens is 2. The molecule has 0 saturated carbocycles. The molecule has 0 atom stereocenters. The fourth-order valence-corrected chi connectivity index (χ4v) is 1.74. The lowest BCUT2D eigenvalue weighted by atomic mass is 10.3. The van der Waals surface area contributed by atoms with Crippen LogP contribution in [0.1, 0.15) is 16.1 Å². The normalized spacial score (nSPS) is 17.5. The van der Waals surface area contributed by atoms with Crippen molar-refractivity contribution in [1.29, 1.82) is 0 Å². The number of likely N-dealkylation sites (N-methyl/N-ethyl adjacent to an activating group) is 1. The lowest BCUT2D eigenvalue weighted by Crippen LogP contribution is -2.45. The van der Waals surface area contributed by atoms with Gasteiger partial charge in [0, 0.05) is 32.4 Å². The molecule has 0 bridgehead atoms. The first-order valence-corrected chi connectivity index (χ1v) is 5.43. The van der Waals surface area contributed by atoms with E-state index in [1.165, 1.54) is 0 Å². The minimum atomic E-state index is 0.567. The molecule has 1 fully saturated rings. The van der Waals surface area contributed by atoms with Crippen molar-refractivity contribution in [3.8, 4) is 0 Å². The van der Waals surface area contributed by atoms with Gasteiger partial charge in [-0.2, -0.15) is 0 Å². The van der Waals surface area contributed by atoms with Crippen molar-refractivity contribution in [1.82, 2.24) is 14.9 Å². The van der Waals surface area contributed by atoms with Gasteiger partial charge in [-0.1, -0.05) is 0 Å². The second-order valence-corrected chi connectivity index (χ2v) is 4.12. The van der Waals surface area contributed by atoms with E-state index in [1.807, 2.05) is 6.92 Å². The zero-order valence-electron chi connectivity index (χ0n) is 9.68. The molecule has 1 aromatic heterocycles. The van der Waals surface area contributed by atoms with Crippen LogP contribution in [-0.2, 0) is 0 Å². The van der Waals surface area contributed by atoms with Crippen LogP contribution in [-0.4, -0.2) is 54.4 Å². The molecule has 1 aliphatic heterocycles. The number of carbonyl (C=O) groups excluding carboxylic acids is 1. The summed E-state index contributed by atoms with van der Waals surface area (Å²) in [5.74, 6) is 0.733. The smallest absolute Gasteiger partial charge is 0.225 e. The first-order valence-electron chi connectivity index (χ1n) is 5.43. The minimum Gasteiger partial charge on any atom is -0.338 e. The Morgan fingerprint density at radius 2 is 2.00 bits per heavy atom. The summed E-state index contributed by atoms with van der Waals surface area (Å²) in [5.41, 5.74) is 1.32. The van der Waals surface area contributed by atoms with E-state index in [4.69, 9.17) is 0 Å². The molecule has 5 nitrogen and oxygen atoms in total. The Morgan fingerprint density at radius 3 is 2.56 bits per heavy atom. The quantitative estimate of drug-likeness (QED) is 0.673. The summed E-state index contributed by atoms with van der Waals surface area (Å²) in [4.78, 5) is 23.7. The van der Waals surface area contributed by atoms with E-state index in [0.29, 0.717) is 5.56 Å². The third-order valence-corrected chi connectivity index (χ3v) is 2.92. The third-order valence-electron chi connectivity index (χ3n) is 2.92. The molecule has 5 heteroatoms. The molecule has 16 heavy (non-hydrogen) atoms. The molecule has 0 aliphatic carbocycles. The van der Waals surface area contributed by atoms with E-state index in [9.17, 15) is 4.79 Å². The average Bonchev–Trinajstić information content (AvgIpc) is 2.30. The van der Waals surface area contributed by atoms with E-state index in [1.54, 1.807) is 6.20 Å². The van der Waals surface area contributed by atoms with Crippen LogP contribution >= 0.6 is 0 Å². The van der Waals surface area contributed by atoms with Crippen LogP contribution in [0.3, 0.4) is 0 Å². The van der Waals surface area contributed by atoms with Gasteiger partial charge in [0.1, 0.15) is 0 Å². The van der Waals surface area contributed by atoms with Gasteiger partial charge in [0.2, 0.25) is 5.95 Å². The molecule has 0 N–H and O–H groups in total. The molecule has 1 aromatic rings. The third kappa shape index (κ3) is 2.19. The number of rotatable bonds is 2. The second kappa shape index (κ2) is 4.57. The van der Waals surface area contributed by atoms with Gasteiger partial charge < -0.3 is 9.80 Å². The molecule has 0 amide bonds. The van der Waals surface area contributed by atoms with Crippen molar-refractivity contribution in [3.63, 3.8) is 0 Å². The Labute approximate surface area is 95.1 Å². The van der Waals surface area contributed by atoms with E-state index < -0.39 is 0 Å². The van der Waals surface area contributed by atoms with Gasteiger partial charge in [0.15, 0.2) is 6.29 Å². The van der Waals surface area contributed by atoms with Crippen molar-refractivity contribution in [3.05, 3.63) is 17.5 Å². The molecule has 0 spiro atoms. The average molecular weight is 220 g/mol. The Bertz CT molecular complexity index is 386. The Hall–Kier alpha value is -1.49. The van der Waals surface area contributed by atoms with Crippen molar-refractivity contribution >= 4 is 12.2 Å². The predicted octanol–water partition coefficient (Wildman–Crippen LogP) is 0.349. The molecule has 0 radical (unpaired) electrons. The molecule has 1 aliphatic rings. The summed E-state index contributed by atoms with van der Waals surface area (Å²) in [6.45, 7) is 5.77. The monoisotopic (exact) mass is 220 g/mol. The lowest BCUT2D eigenvalue weighted by molar-refractivity contribution is 0.112. The van der Waals surface area contributed by atoms with E-state index in [0.717, 1.165) is 44.1 Å². The van der Waals surface area contributed by atoms with Gasteiger partial charge >= 0.3 is 0 Å². The number of hydrogen-bond donors (Lipinski definition) is 0. The number of anilines is 1. The van der Waals surface area contributed by atoms with Gasteiger partial charge in [0.25, 0.3) is 0 Å². The largest absolute Gasteiger partial charge is 0.338 e. The highest BCUT2D eigenvalue weighted by Gasteiger charge is 2.16. The SMILES string of the molecule is Cc1nc(N2CCN(C)CC2)ncc1C=O. The second-order valence-electron chi connectivity index (χ2n) is 4.12. The van der Waals surface area contributed by atoms with Gasteiger partial charge in [0.05, 0.1) is 11.3 Å². The zero-order chi connectivity index (χ0) is 11.5. The van der Waals surface area contributed by atoms with E-state index in [2.05, 4.69) is 26.8 Å². The molecule has 1 saturated heterocycles. The van der Waals surface area contributed by atoms with Crippen LogP contribution in [0.5, 0.6) is 0 Å². The molecule has 0 unspecified atom stereocenters. The highest BCUT2D eigenvalue weighted by molar-refractivity contribution is 5.75. The fraction of sp³-hybridized carbons (Fsp3) is 0.545. The van der Waals surface area contributed by atoms with Crippen LogP contribution in [0.2, 0.25) is 0 Å². The van der Waals surface area contributed by atoms with Crippen LogP contribution in [0.25, 0.3) is 0 Å². The van der Waals surface area contributed by atoms with Crippen LogP contribution < -0.4 is 4.90 Å².